The minimum Gasteiger partial charge on any atom is -0.337 e. The van der Waals surface area contributed by atoms with Gasteiger partial charge < -0.3 is 10.6 Å². The van der Waals surface area contributed by atoms with Crippen molar-refractivity contribution in [3.8, 4) is 0 Å². The van der Waals surface area contributed by atoms with Gasteiger partial charge in [0.15, 0.2) is 0 Å². The van der Waals surface area contributed by atoms with E-state index in [1.165, 1.54) is 0 Å². The van der Waals surface area contributed by atoms with E-state index in [2.05, 4.69) is 38.5 Å². The molecule has 0 aromatic heterocycles. The number of carbonyl (C=O) groups is 1. The topological polar surface area (TPSA) is 46.3 Å². The highest BCUT2D eigenvalue weighted by Gasteiger charge is 2.23. The number of piperidine rings is 1. The molecular formula is C12H15BrClIN2O. The molecule has 1 atom stereocenters. The molecule has 1 heterocycles. The van der Waals surface area contributed by atoms with Gasteiger partial charge in [-0.15, -0.1) is 12.4 Å². The van der Waals surface area contributed by atoms with Crippen LogP contribution in [0.2, 0.25) is 0 Å². The average molecular weight is 446 g/mol. The Hall–Kier alpha value is 0.150. The Morgan fingerprint density at radius 2 is 2.22 bits per heavy atom. The number of carbonyl (C=O) groups excluding carboxylic acids is 1. The van der Waals surface area contributed by atoms with Crippen LogP contribution >= 0.6 is 50.9 Å². The van der Waals surface area contributed by atoms with Gasteiger partial charge >= 0.3 is 0 Å². The van der Waals surface area contributed by atoms with Crippen molar-refractivity contribution in [1.29, 1.82) is 0 Å². The molecule has 100 valence electrons. The molecule has 1 saturated heterocycles. The Balaban J connectivity index is 0.00000162. The lowest BCUT2D eigenvalue weighted by Crippen LogP contribution is -2.45. The second kappa shape index (κ2) is 7.07. The first-order chi connectivity index (χ1) is 8.09. The summed E-state index contributed by atoms with van der Waals surface area (Å²) < 4.78 is 1.93. The van der Waals surface area contributed by atoms with Gasteiger partial charge in [-0.25, -0.2) is 0 Å². The fourth-order valence-corrected chi connectivity index (χ4v) is 2.97. The molecule has 3 nitrogen and oxygen atoms in total. The van der Waals surface area contributed by atoms with Crippen LogP contribution in [0.1, 0.15) is 23.2 Å². The third-order valence-electron chi connectivity index (χ3n) is 2.93. The van der Waals surface area contributed by atoms with Gasteiger partial charge in [0, 0.05) is 27.2 Å². The van der Waals surface area contributed by atoms with Gasteiger partial charge in [0.25, 0.3) is 5.91 Å². The fourth-order valence-electron chi connectivity index (χ4n) is 2.03. The largest absolute Gasteiger partial charge is 0.337 e. The van der Waals surface area contributed by atoms with Crippen molar-refractivity contribution in [2.45, 2.75) is 18.9 Å². The summed E-state index contributed by atoms with van der Waals surface area (Å²) in [5, 5.41) is 0. The van der Waals surface area contributed by atoms with E-state index in [1.54, 1.807) is 0 Å². The number of likely N-dealkylation sites (tertiary alicyclic amines) is 1. The maximum Gasteiger partial charge on any atom is 0.255 e. The Morgan fingerprint density at radius 1 is 1.50 bits per heavy atom. The zero-order valence-corrected chi connectivity index (χ0v) is 14.3. The molecule has 0 aliphatic carbocycles. The molecule has 1 aliphatic rings. The third kappa shape index (κ3) is 3.59. The molecule has 0 bridgehead atoms. The Morgan fingerprint density at radius 3 is 2.89 bits per heavy atom. The van der Waals surface area contributed by atoms with Crippen LogP contribution in [0, 0.1) is 3.57 Å². The van der Waals surface area contributed by atoms with Crippen molar-refractivity contribution in [2.24, 2.45) is 5.73 Å². The van der Waals surface area contributed by atoms with Gasteiger partial charge in [-0.1, -0.05) is 6.07 Å². The molecule has 0 spiro atoms. The molecule has 6 heteroatoms. The van der Waals surface area contributed by atoms with Gasteiger partial charge in [0.1, 0.15) is 0 Å². The van der Waals surface area contributed by atoms with Gasteiger partial charge in [-0.05, 0) is 63.5 Å². The number of rotatable bonds is 1. The van der Waals surface area contributed by atoms with Gasteiger partial charge in [-0.2, -0.15) is 0 Å². The maximum atomic E-state index is 12.4. The first kappa shape index (κ1) is 16.2. The quantitative estimate of drug-likeness (QED) is 0.676. The van der Waals surface area contributed by atoms with Crippen molar-refractivity contribution in [3.63, 3.8) is 0 Å². The molecule has 18 heavy (non-hydrogen) atoms. The molecule has 0 radical (unpaired) electrons. The van der Waals surface area contributed by atoms with E-state index < -0.39 is 0 Å². The van der Waals surface area contributed by atoms with Crippen molar-refractivity contribution in [3.05, 3.63) is 31.8 Å². The summed E-state index contributed by atoms with van der Waals surface area (Å²) >= 11 is 5.69. The lowest BCUT2D eigenvalue weighted by Gasteiger charge is -2.31. The molecule has 2 N–H and O–H groups in total. The van der Waals surface area contributed by atoms with Gasteiger partial charge in [0.2, 0.25) is 0 Å². The molecule has 1 aliphatic heterocycles. The highest BCUT2D eigenvalue weighted by Crippen LogP contribution is 2.25. The second-order valence-corrected chi connectivity index (χ2v) is 6.21. The second-order valence-electron chi connectivity index (χ2n) is 4.25. The van der Waals surface area contributed by atoms with Crippen LogP contribution in [-0.4, -0.2) is 29.9 Å². The Labute approximate surface area is 135 Å². The van der Waals surface area contributed by atoms with Crippen LogP contribution in [0.4, 0.5) is 0 Å². The van der Waals surface area contributed by atoms with E-state index in [-0.39, 0.29) is 24.4 Å². The van der Waals surface area contributed by atoms with Crippen molar-refractivity contribution < 1.29 is 4.79 Å². The van der Waals surface area contributed by atoms with Crippen LogP contribution in [0.25, 0.3) is 0 Å². The van der Waals surface area contributed by atoms with Crippen LogP contribution < -0.4 is 5.73 Å². The lowest BCUT2D eigenvalue weighted by atomic mass is 10.1. The zero-order valence-electron chi connectivity index (χ0n) is 9.73. The molecule has 1 aromatic carbocycles. The minimum atomic E-state index is 0. The molecule has 0 saturated carbocycles. The monoisotopic (exact) mass is 444 g/mol. The summed E-state index contributed by atoms with van der Waals surface area (Å²) in [6.07, 6.45) is 2.01. The number of hydrogen-bond acceptors (Lipinski definition) is 2. The average Bonchev–Trinajstić information content (AvgIpc) is 2.32. The molecule has 1 aromatic rings. The van der Waals surface area contributed by atoms with Crippen LogP contribution in [0.5, 0.6) is 0 Å². The molecular weight excluding hydrogens is 430 g/mol. The number of halogens is 3. The lowest BCUT2D eigenvalue weighted by molar-refractivity contribution is 0.0708. The van der Waals surface area contributed by atoms with Crippen molar-refractivity contribution >= 4 is 56.8 Å². The maximum absolute atomic E-state index is 12.4. The number of amides is 1. The Bertz CT molecular complexity index is 444. The molecule has 1 amide bonds. The third-order valence-corrected chi connectivity index (χ3v) is 5.42. The van der Waals surface area contributed by atoms with Crippen molar-refractivity contribution in [1.82, 2.24) is 4.90 Å². The van der Waals surface area contributed by atoms with E-state index in [0.717, 1.165) is 33.0 Å². The van der Waals surface area contributed by atoms with E-state index in [9.17, 15) is 4.79 Å². The highest BCUT2D eigenvalue weighted by molar-refractivity contribution is 14.1. The molecule has 1 fully saturated rings. The number of benzene rings is 1. The van der Waals surface area contributed by atoms with Crippen LogP contribution in [0.15, 0.2) is 22.7 Å². The van der Waals surface area contributed by atoms with E-state index >= 15 is 0 Å². The van der Waals surface area contributed by atoms with Gasteiger partial charge in [0.05, 0.1) is 5.56 Å². The summed E-state index contributed by atoms with van der Waals surface area (Å²) in [6.45, 7) is 1.47. The normalized spacial score (nSPS) is 19.3. The van der Waals surface area contributed by atoms with E-state index in [0.29, 0.717) is 6.54 Å². The molecule has 1 unspecified atom stereocenters. The number of nitrogens with two attached hydrogens (primary N) is 1. The van der Waals surface area contributed by atoms with Crippen LogP contribution in [0.3, 0.4) is 0 Å². The summed E-state index contributed by atoms with van der Waals surface area (Å²) in [7, 11) is 0. The SMILES string of the molecule is Cl.NC1CCCN(C(=O)c2cccc(I)c2Br)C1. The smallest absolute Gasteiger partial charge is 0.255 e. The zero-order chi connectivity index (χ0) is 12.4. The first-order valence-electron chi connectivity index (χ1n) is 5.58. The summed E-state index contributed by atoms with van der Waals surface area (Å²) in [5.41, 5.74) is 6.63. The van der Waals surface area contributed by atoms with E-state index in [1.807, 2.05) is 23.1 Å². The Kier molecular flexibility index (Phi) is 6.37. The molecule has 2 rings (SSSR count). The predicted octanol–water partition coefficient (Wildman–Crippen LogP) is 3.04. The van der Waals surface area contributed by atoms with Crippen LogP contribution in [-0.2, 0) is 0 Å². The number of nitrogens with zero attached hydrogens (tertiary/aromatic N) is 1. The van der Waals surface area contributed by atoms with E-state index in [4.69, 9.17) is 5.73 Å². The minimum absolute atomic E-state index is 0. The van der Waals surface area contributed by atoms with Crippen molar-refractivity contribution in [2.75, 3.05) is 13.1 Å². The standard InChI is InChI=1S/C12H14BrIN2O.ClH/c13-11-9(4-1-5-10(11)14)12(17)16-6-2-3-8(15)7-16;/h1,4-5,8H,2-3,6-7,15H2;1H. The summed E-state index contributed by atoms with van der Waals surface area (Å²) in [5.74, 6) is 0.0746. The summed E-state index contributed by atoms with van der Waals surface area (Å²) in [6, 6.07) is 5.86. The summed E-state index contributed by atoms with van der Waals surface area (Å²) in [4.78, 5) is 14.2. The fraction of sp³-hybridized carbons (Fsp3) is 0.417. The van der Waals surface area contributed by atoms with Gasteiger partial charge in [-0.3, -0.25) is 4.79 Å². The number of hydrogen-bond donors (Lipinski definition) is 1. The highest BCUT2D eigenvalue weighted by atomic mass is 127. The first-order valence-corrected chi connectivity index (χ1v) is 7.45. The predicted molar refractivity (Wildman–Crippen MR) is 87.2 cm³/mol.